The molecular weight excluding hydrogens is 302 g/mol. The predicted octanol–water partition coefficient (Wildman–Crippen LogP) is 1.83. The molecule has 0 radical (unpaired) electrons. The van der Waals surface area contributed by atoms with E-state index >= 15 is 0 Å². The van der Waals surface area contributed by atoms with Gasteiger partial charge in [0, 0.05) is 10.0 Å². The lowest BCUT2D eigenvalue weighted by molar-refractivity contribution is -0.384. The first-order valence-electron chi connectivity index (χ1n) is 4.82. The first kappa shape index (κ1) is 12.2. The van der Waals surface area contributed by atoms with E-state index in [9.17, 15) is 10.1 Å². The zero-order chi connectivity index (χ0) is 13.3. The van der Waals surface area contributed by atoms with Crippen molar-refractivity contribution in [1.29, 1.82) is 5.41 Å². The number of nitro groups is 1. The molecule has 0 bridgehead atoms. The molecule has 0 saturated heterocycles. The Balaban J connectivity index is 2.55. The van der Waals surface area contributed by atoms with Crippen LogP contribution in [0.25, 0.3) is 5.69 Å². The molecule has 1 heterocycles. The highest BCUT2D eigenvalue weighted by molar-refractivity contribution is 9.10. The smallest absolute Gasteiger partial charge is 0.307 e. The largest absolute Gasteiger partial charge is 0.384 e. The van der Waals surface area contributed by atoms with Crippen LogP contribution in [0.1, 0.15) is 5.56 Å². The number of hydrogen-bond acceptors (Lipinski definition) is 4. The van der Waals surface area contributed by atoms with Crippen LogP contribution in [0.2, 0.25) is 0 Å². The van der Waals surface area contributed by atoms with Gasteiger partial charge in [-0.3, -0.25) is 15.5 Å². The predicted molar refractivity (Wildman–Crippen MR) is 68.9 cm³/mol. The molecule has 0 fully saturated rings. The van der Waals surface area contributed by atoms with Crippen LogP contribution in [0.15, 0.2) is 35.1 Å². The minimum Gasteiger partial charge on any atom is -0.384 e. The van der Waals surface area contributed by atoms with Crippen LogP contribution < -0.4 is 5.73 Å². The Labute approximate surface area is 110 Å². The quantitative estimate of drug-likeness (QED) is 0.390. The summed E-state index contributed by atoms with van der Waals surface area (Å²) in [6.07, 6.45) is 2.42. The molecular formula is C10H8BrN5O2. The second-order valence-corrected chi connectivity index (χ2v) is 4.39. The van der Waals surface area contributed by atoms with Crippen molar-refractivity contribution >= 4 is 27.5 Å². The van der Waals surface area contributed by atoms with E-state index in [1.807, 2.05) is 0 Å². The first-order valence-corrected chi connectivity index (χ1v) is 5.61. The van der Waals surface area contributed by atoms with Crippen molar-refractivity contribution in [2.24, 2.45) is 5.73 Å². The van der Waals surface area contributed by atoms with Crippen LogP contribution in [-0.2, 0) is 0 Å². The number of nitrogens with one attached hydrogen (secondary N) is 1. The van der Waals surface area contributed by atoms with Crippen molar-refractivity contribution in [3.63, 3.8) is 0 Å². The average molecular weight is 310 g/mol. The molecule has 0 spiro atoms. The van der Waals surface area contributed by atoms with Crippen LogP contribution in [0.4, 0.5) is 5.69 Å². The van der Waals surface area contributed by atoms with Gasteiger partial charge in [0.05, 0.1) is 10.6 Å². The van der Waals surface area contributed by atoms with Gasteiger partial charge in [-0.1, -0.05) is 15.9 Å². The Bertz CT molecular complexity index is 637. The van der Waals surface area contributed by atoms with E-state index in [1.54, 1.807) is 18.2 Å². The average Bonchev–Trinajstić information content (AvgIpc) is 2.78. The summed E-state index contributed by atoms with van der Waals surface area (Å²) in [5, 5.41) is 22.0. The van der Waals surface area contributed by atoms with E-state index in [4.69, 9.17) is 11.1 Å². The third kappa shape index (κ3) is 2.23. The minimum atomic E-state index is -0.532. The lowest BCUT2D eigenvalue weighted by atomic mass is 10.1. The van der Waals surface area contributed by atoms with E-state index in [0.717, 1.165) is 10.7 Å². The Hall–Kier alpha value is -2.22. The number of aromatic nitrogens is 2. The van der Waals surface area contributed by atoms with E-state index < -0.39 is 4.92 Å². The molecule has 0 aliphatic heterocycles. The van der Waals surface area contributed by atoms with Gasteiger partial charge in [0.1, 0.15) is 18.2 Å². The maximum Gasteiger partial charge on any atom is 0.307 e. The number of nitrogens with zero attached hydrogens (tertiary/aromatic N) is 3. The molecule has 18 heavy (non-hydrogen) atoms. The molecule has 0 atom stereocenters. The monoisotopic (exact) mass is 309 g/mol. The van der Waals surface area contributed by atoms with Gasteiger partial charge in [-0.15, -0.1) is 0 Å². The van der Waals surface area contributed by atoms with Gasteiger partial charge in [0.15, 0.2) is 0 Å². The van der Waals surface area contributed by atoms with Gasteiger partial charge in [-0.25, -0.2) is 4.68 Å². The fourth-order valence-corrected chi connectivity index (χ4v) is 1.82. The van der Waals surface area contributed by atoms with Gasteiger partial charge in [-0.05, 0) is 18.2 Å². The van der Waals surface area contributed by atoms with Gasteiger partial charge in [0.2, 0.25) is 0 Å². The maximum atomic E-state index is 10.6. The molecule has 2 aromatic rings. The molecule has 1 aromatic heterocycles. The minimum absolute atomic E-state index is 0.118. The number of hydrogen-bond donors (Lipinski definition) is 2. The van der Waals surface area contributed by atoms with Crippen molar-refractivity contribution in [1.82, 2.24) is 9.78 Å². The maximum absolute atomic E-state index is 10.6. The number of halogens is 1. The van der Waals surface area contributed by atoms with E-state index in [2.05, 4.69) is 21.0 Å². The Kier molecular flexibility index (Phi) is 3.11. The molecule has 92 valence electrons. The summed E-state index contributed by atoms with van der Waals surface area (Å²) in [4.78, 5) is 10.1. The molecule has 0 unspecified atom stereocenters. The van der Waals surface area contributed by atoms with Gasteiger partial charge in [-0.2, -0.15) is 5.10 Å². The molecule has 3 N–H and O–H groups in total. The molecule has 0 amide bonds. The Morgan fingerprint density at radius 1 is 1.56 bits per heavy atom. The summed E-state index contributed by atoms with van der Waals surface area (Å²) in [5.74, 6) is -0.135. The fraction of sp³-hybridized carbons (Fsp3) is 0. The lowest BCUT2D eigenvalue weighted by Crippen LogP contribution is -2.15. The second kappa shape index (κ2) is 4.57. The first-order chi connectivity index (χ1) is 8.49. The third-order valence-corrected chi connectivity index (χ3v) is 2.77. The summed E-state index contributed by atoms with van der Waals surface area (Å²) < 4.78 is 2.08. The highest BCUT2D eigenvalue weighted by Gasteiger charge is 2.13. The number of rotatable bonds is 3. The zero-order valence-corrected chi connectivity index (χ0v) is 10.6. The third-order valence-electron chi connectivity index (χ3n) is 2.28. The molecule has 2 rings (SSSR count). The van der Waals surface area contributed by atoms with Gasteiger partial charge in [0.25, 0.3) is 0 Å². The molecule has 0 aliphatic carbocycles. The summed E-state index contributed by atoms with van der Waals surface area (Å²) in [5.41, 5.74) is 6.32. The van der Waals surface area contributed by atoms with E-state index in [0.29, 0.717) is 11.3 Å². The summed E-state index contributed by atoms with van der Waals surface area (Å²) in [6.45, 7) is 0. The van der Waals surface area contributed by atoms with E-state index in [1.165, 1.54) is 10.9 Å². The molecule has 0 saturated carbocycles. The van der Waals surface area contributed by atoms with Crippen molar-refractivity contribution in [2.45, 2.75) is 0 Å². The van der Waals surface area contributed by atoms with Crippen LogP contribution >= 0.6 is 15.9 Å². The molecule has 7 nitrogen and oxygen atoms in total. The standard InChI is InChI=1S/C10H8BrN5O2/c11-6-1-2-9(8(3-6)10(12)13)15-5-7(4-14-15)16(17)18/h1-5H,(H3,12,13). The van der Waals surface area contributed by atoms with Gasteiger partial charge >= 0.3 is 5.69 Å². The molecule has 1 aromatic carbocycles. The summed E-state index contributed by atoms with van der Waals surface area (Å²) in [6, 6.07) is 5.08. The lowest BCUT2D eigenvalue weighted by Gasteiger charge is -2.08. The van der Waals surface area contributed by atoms with Crippen LogP contribution in [0, 0.1) is 15.5 Å². The van der Waals surface area contributed by atoms with Crippen LogP contribution in [-0.4, -0.2) is 20.5 Å². The number of amidine groups is 1. The molecule has 0 aliphatic rings. The Morgan fingerprint density at radius 2 is 2.28 bits per heavy atom. The van der Waals surface area contributed by atoms with Gasteiger partial charge < -0.3 is 5.73 Å². The SMILES string of the molecule is N=C(N)c1cc(Br)ccc1-n1cc([N+](=O)[O-])cn1. The molecule has 8 heteroatoms. The number of benzene rings is 1. The van der Waals surface area contributed by atoms with Crippen molar-refractivity contribution in [3.05, 3.63) is 50.7 Å². The van der Waals surface area contributed by atoms with Crippen molar-refractivity contribution in [2.75, 3.05) is 0 Å². The second-order valence-electron chi connectivity index (χ2n) is 3.48. The van der Waals surface area contributed by atoms with Crippen LogP contribution in [0.3, 0.4) is 0 Å². The van der Waals surface area contributed by atoms with Crippen LogP contribution in [0.5, 0.6) is 0 Å². The summed E-state index contributed by atoms with van der Waals surface area (Å²) >= 11 is 3.28. The Morgan fingerprint density at radius 3 is 2.83 bits per heavy atom. The highest BCUT2D eigenvalue weighted by Crippen LogP contribution is 2.21. The number of nitrogen functional groups attached to an aromatic ring is 1. The van der Waals surface area contributed by atoms with E-state index in [-0.39, 0.29) is 11.5 Å². The van der Waals surface area contributed by atoms with Crippen molar-refractivity contribution < 1.29 is 4.92 Å². The topological polar surface area (TPSA) is 111 Å². The highest BCUT2D eigenvalue weighted by atomic mass is 79.9. The number of nitrogens with two attached hydrogens (primary N) is 1. The van der Waals surface area contributed by atoms with Crippen molar-refractivity contribution in [3.8, 4) is 5.69 Å². The fourth-order valence-electron chi connectivity index (χ4n) is 1.46. The normalized spacial score (nSPS) is 10.3. The summed E-state index contributed by atoms with van der Waals surface area (Å²) in [7, 11) is 0. The zero-order valence-electron chi connectivity index (χ0n) is 9.00.